The van der Waals surface area contributed by atoms with Crippen LogP contribution in [-0.2, 0) is 13.0 Å². The maximum Gasteiger partial charge on any atom is 0.290 e. The monoisotopic (exact) mass is 310 g/mol. The van der Waals surface area contributed by atoms with Gasteiger partial charge >= 0.3 is 0 Å². The Morgan fingerprint density at radius 3 is 2.90 bits per heavy atom. The molecule has 0 atom stereocenters. The summed E-state index contributed by atoms with van der Waals surface area (Å²) in [6.07, 6.45) is 0.732. The number of nitrogens with zero attached hydrogens (tertiary/aromatic N) is 1. The molecule has 6 heteroatoms. The lowest BCUT2D eigenvalue weighted by Crippen LogP contribution is -2.23. The van der Waals surface area contributed by atoms with Crippen LogP contribution in [0.5, 0.6) is 0 Å². The lowest BCUT2D eigenvalue weighted by atomic mass is 10.1. The highest BCUT2D eigenvalue weighted by atomic mass is 35.5. The molecule has 2 aromatic rings. The van der Waals surface area contributed by atoms with Gasteiger partial charge in [0, 0.05) is 23.2 Å². The topological polar surface area (TPSA) is 55.1 Å². The van der Waals surface area contributed by atoms with Crippen LogP contribution in [-0.4, -0.2) is 11.1 Å². The summed E-state index contributed by atoms with van der Waals surface area (Å²) in [5.41, 5.74) is 0.966. The third-order valence-corrected chi connectivity index (χ3v) is 3.24. The van der Waals surface area contributed by atoms with E-state index in [4.69, 9.17) is 16.1 Å². The van der Waals surface area contributed by atoms with Crippen LogP contribution in [0.25, 0.3) is 0 Å². The standard InChI is InChI=1S/C15H16ClFN2O2/c1-9(2)6-10-7-14(21-19-10)15(20)18-8-11-12(16)4-3-5-13(11)17/h3-5,7,9H,6,8H2,1-2H3,(H,18,20). The number of carbonyl (C=O) groups excluding carboxylic acids is 1. The quantitative estimate of drug-likeness (QED) is 0.918. The van der Waals surface area contributed by atoms with E-state index in [2.05, 4.69) is 24.3 Å². The van der Waals surface area contributed by atoms with Gasteiger partial charge in [0.05, 0.1) is 5.69 Å². The van der Waals surface area contributed by atoms with E-state index in [1.165, 1.54) is 12.1 Å². The van der Waals surface area contributed by atoms with Gasteiger partial charge in [-0.15, -0.1) is 0 Å². The molecule has 0 unspecified atom stereocenters. The molecule has 21 heavy (non-hydrogen) atoms. The minimum Gasteiger partial charge on any atom is -0.351 e. The number of hydrogen-bond donors (Lipinski definition) is 1. The van der Waals surface area contributed by atoms with Gasteiger partial charge in [-0.1, -0.05) is 36.7 Å². The second-order valence-electron chi connectivity index (χ2n) is 5.16. The van der Waals surface area contributed by atoms with Crippen LogP contribution in [0.4, 0.5) is 4.39 Å². The maximum atomic E-state index is 13.6. The Morgan fingerprint density at radius 1 is 1.48 bits per heavy atom. The van der Waals surface area contributed by atoms with Crippen LogP contribution in [0.2, 0.25) is 5.02 Å². The molecule has 0 fully saturated rings. The summed E-state index contributed by atoms with van der Waals surface area (Å²) in [6.45, 7) is 4.09. The molecule has 0 aliphatic heterocycles. The zero-order valence-electron chi connectivity index (χ0n) is 11.8. The molecule has 0 radical (unpaired) electrons. The van der Waals surface area contributed by atoms with E-state index >= 15 is 0 Å². The molecule has 2 rings (SSSR count). The summed E-state index contributed by atoms with van der Waals surface area (Å²) in [5.74, 6) is -0.376. The Morgan fingerprint density at radius 2 is 2.24 bits per heavy atom. The van der Waals surface area contributed by atoms with Crippen LogP contribution in [0.1, 0.15) is 35.7 Å². The molecule has 112 valence electrons. The second kappa shape index (κ2) is 6.72. The summed E-state index contributed by atoms with van der Waals surface area (Å²) < 4.78 is 18.6. The largest absolute Gasteiger partial charge is 0.351 e. The molecule has 1 N–H and O–H groups in total. The number of benzene rings is 1. The van der Waals surface area contributed by atoms with Gasteiger partial charge in [0.25, 0.3) is 5.91 Å². The van der Waals surface area contributed by atoms with E-state index in [9.17, 15) is 9.18 Å². The van der Waals surface area contributed by atoms with Crippen molar-refractivity contribution >= 4 is 17.5 Å². The SMILES string of the molecule is CC(C)Cc1cc(C(=O)NCc2c(F)cccc2Cl)on1. The Bertz CT molecular complexity index is 620. The predicted octanol–water partition coefficient (Wildman–Crippen LogP) is 3.60. The minimum absolute atomic E-state index is 0.00937. The lowest BCUT2D eigenvalue weighted by molar-refractivity contribution is 0.0913. The molecule has 1 amide bonds. The van der Waals surface area contributed by atoms with Crippen molar-refractivity contribution in [3.8, 4) is 0 Å². The zero-order chi connectivity index (χ0) is 15.4. The van der Waals surface area contributed by atoms with Crippen molar-refractivity contribution in [2.45, 2.75) is 26.8 Å². The molecule has 1 aromatic carbocycles. The van der Waals surface area contributed by atoms with E-state index in [1.54, 1.807) is 12.1 Å². The molecule has 0 aliphatic carbocycles. The second-order valence-corrected chi connectivity index (χ2v) is 5.57. The minimum atomic E-state index is -0.458. The smallest absolute Gasteiger partial charge is 0.290 e. The predicted molar refractivity (Wildman–Crippen MR) is 77.6 cm³/mol. The molecule has 0 aliphatic rings. The van der Waals surface area contributed by atoms with Crippen LogP contribution in [0.3, 0.4) is 0 Å². The van der Waals surface area contributed by atoms with Crippen molar-refractivity contribution in [1.29, 1.82) is 0 Å². The molecular weight excluding hydrogens is 295 g/mol. The van der Waals surface area contributed by atoms with E-state index < -0.39 is 11.7 Å². The summed E-state index contributed by atoms with van der Waals surface area (Å²) in [5, 5.41) is 6.67. The van der Waals surface area contributed by atoms with E-state index in [0.29, 0.717) is 5.92 Å². The maximum absolute atomic E-state index is 13.6. The molecular formula is C15H16ClFN2O2. The van der Waals surface area contributed by atoms with Gasteiger partial charge in [0.15, 0.2) is 0 Å². The fourth-order valence-corrected chi connectivity index (χ4v) is 2.12. The number of hydrogen-bond acceptors (Lipinski definition) is 3. The van der Waals surface area contributed by atoms with Crippen LogP contribution >= 0.6 is 11.6 Å². The van der Waals surface area contributed by atoms with Gasteiger partial charge in [-0.05, 0) is 24.5 Å². The average Bonchev–Trinajstić information content (AvgIpc) is 2.85. The van der Waals surface area contributed by atoms with Crippen molar-refractivity contribution in [3.05, 3.63) is 52.1 Å². The number of halogens is 2. The average molecular weight is 311 g/mol. The molecule has 0 saturated heterocycles. The first-order chi connectivity index (χ1) is 9.97. The number of nitrogens with one attached hydrogen (secondary N) is 1. The summed E-state index contributed by atoms with van der Waals surface area (Å²) in [6, 6.07) is 5.97. The van der Waals surface area contributed by atoms with Gasteiger partial charge in [-0.2, -0.15) is 0 Å². The first kappa shape index (κ1) is 15.5. The third-order valence-electron chi connectivity index (χ3n) is 2.89. The van der Waals surface area contributed by atoms with Crippen molar-refractivity contribution in [1.82, 2.24) is 10.5 Å². The number of aromatic nitrogens is 1. The van der Waals surface area contributed by atoms with Gasteiger partial charge in [0.1, 0.15) is 5.82 Å². The Kier molecular flexibility index (Phi) is 4.96. The molecule has 4 nitrogen and oxygen atoms in total. The lowest BCUT2D eigenvalue weighted by Gasteiger charge is -2.06. The van der Waals surface area contributed by atoms with Gasteiger partial charge < -0.3 is 9.84 Å². The normalized spacial score (nSPS) is 10.9. The highest BCUT2D eigenvalue weighted by Gasteiger charge is 2.15. The van der Waals surface area contributed by atoms with Crippen LogP contribution in [0, 0.1) is 11.7 Å². The number of amides is 1. The molecule has 1 aromatic heterocycles. The molecule has 0 bridgehead atoms. The Labute approximate surface area is 127 Å². The summed E-state index contributed by atoms with van der Waals surface area (Å²) >= 11 is 5.89. The first-order valence-corrected chi connectivity index (χ1v) is 7.02. The highest BCUT2D eigenvalue weighted by Crippen LogP contribution is 2.18. The van der Waals surface area contributed by atoms with E-state index in [0.717, 1.165) is 12.1 Å². The number of rotatable bonds is 5. The van der Waals surface area contributed by atoms with Crippen molar-refractivity contribution in [2.75, 3.05) is 0 Å². The highest BCUT2D eigenvalue weighted by molar-refractivity contribution is 6.31. The fraction of sp³-hybridized carbons (Fsp3) is 0.333. The summed E-state index contributed by atoms with van der Waals surface area (Å²) in [7, 11) is 0. The molecule has 0 spiro atoms. The van der Waals surface area contributed by atoms with Gasteiger partial charge in [0.2, 0.25) is 5.76 Å². The van der Waals surface area contributed by atoms with Crippen molar-refractivity contribution in [2.24, 2.45) is 5.92 Å². The van der Waals surface area contributed by atoms with Crippen LogP contribution in [0.15, 0.2) is 28.8 Å². The Hall–Kier alpha value is -1.88. The third kappa shape index (κ3) is 4.04. The van der Waals surface area contributed by atoms with Gasteiger partial charge in [-0.3, -0.25) is 4.79 Å². The Balaban J connectivity index is 2.00. The molecule has 1 heterocycles. The summed E-state index contributed by atoms with van der Waals surface area (Å²) in [4.78, 5) is 11.9. The fourth-order valence-electron chi connectivity index (χ4n) is 1.89. The zero-order valence-corrected chi connectivity index (χ0v) is 12.6. The van der Waals surface area contributed by atoms with Gasteiger partial charge in [-0.25, -0.2) is 4.39 Å². The van der Waals surface area contributed by atoms with Crippen LogP contribution < -0.4 is 5.32 Å². The first-order valence-electron chi connectivity index (χ1n) is 6.64. The van der Waals surface area contributed by atoms with E-state index in [1.807, 2.05) is 0 Å². The molecule has 0 saturated carbocycles. The number of carbonyl (C=O) groups is 1. The van der Waals surface area contributed by atoms with Crippen molar-refractivity contribution in [3.63, 3.8) is 0 Å². The van der Waals surface area contributed by atoms with E-state index in [-0.39, 0.29) is 22.9 Å². The van der Waals surface area contributed by atoms with Crippen molar-refractivity contribution < 1.29 is 13.7 Å².